The predicted octanol–water partition coefficient (Wildman–Crippen LogP) is 0.389. The first-order chi connectivity index (χ1) is 9.75. The maximum absolute atomic E-state index is 12.3. The Bertz CT molecular complexity index is 559. The van der Waals surface area contributed by atoms with Gasteiger partial charge in [0.25, 0.3) is 0 Å². The molecule has 6 nitrogen and oxygen atoms in total. The molecule has 3 N–H and O–H groups in total. The fraction of sp³-hybridized carbons (Fsp3) is 1.00. The summed E-state index contributed by atoms with van der Waals surface area (Å²) in [4.78, 5) is 0. The van der Waals surface area contributed by atoms with Crippen LogP contribution in [0, 0.1) is 5.92 Å². The molecule has 0 radical (unpaired) electrons. The highest BCUT2D eigenvalue weighted by Crippen LogP contribution is 2.35. The topological polar surface area (TPSA) is 106 Å². The van der Waals surface area contributed by atoms with E-state index in [1.54, 1.807) is 0 Å². The van der Waals surface area contributed by atoms with E-state index < -0.39 is 24.9 Å². The van der Waals surface area contributed by atoms with E-state index in [1.165, 1.54) is 6.26 Å². The van der Waals surface area contributed by atoms with Crippen molar-refractivity contribution in [3.8, 4) is 0 Å². The summed E-state index contributed by atoms with van der Waals surface area (Å²) in [5, 5.41) is -0.835. The van der Waals surface area contributed by atoms with Crippen LogP contribution in [0.15, 0.2) is 0 Å². The number of hydrogen-bond donors (Lipinski definition) is 2. The summed E-state index contributed by atoms with van der Waals surface area (Å²) in [7, 11) is -6.21. The third-order valence-electron chi connectivity index (χ3n) is 5.00. The molecule has 0 amide bonds. The maximum atomic E-state index is 12.3. The highest BCUT2D eigenvalue weighted by Gasteiger charge is 2.41. The number of nitrogens with one attached hydrogen (secondary N) is 1. The summed E-state index contributed by atoms with van der Waals surface area (Å²) in [6.45, 7) is 0. The quantitative estimate of drug-likeness (QED) is 0.567. The highest BCUT2D eigenvalue weighted by atomic mass is 32.2. The van der Waals surface area contributed by atoms with Gasteiger partial charge in [-0.05, 0) is 38.0 Å². The molecule has 0 bridgehead atoms. The van der Waals surface area contributed by atoms with Crippen LogP contribution in [0.5, 0.6) is 0 Å². The van der Waals surface area contributed by atoms with E-state index in [4.69, 9.17) is 5.84 Å². The van der Waals surface area contributed by atoms with Gasteiger partial charge in [-0.15, -0.1) is 0 Å². The smallest absolute Gasteiger partial charge is 0.154 e. The van der Waals surface area contributed by atoms with Crippen molar-refractivity contribution in [2.24, 2.45) is 11.8 Å². The lowest BCUT2D eigenvalue weighted by atomic mass is 9.81. The minimum atomic E-state index is -3.13. The average molecular weight is 338 g/mol. The van der Waals surface area contributed by atoms with E-state index >= 15 is 0 Å². The van der Waals surface area contributed by atoms with E-state index in [2.05, 4.69) is 5.43 Å². The van der Waals surface area contributed by atoms with Crippen LogP contribution in [0.3, 0.4) is 0 Å². The molecule has 2 rings (SSSR count). The Morgan fingerprint density at radius 3 is 2.43 bits per heavy atom. The Hall–Kier alpha value is -0.180. The van der Waals surface area contributed by atoms with Gasteiger partial charge in [-0.1, -0.05) is 12.8 Å². The van der Waals surface area contributed by atoms with Gasteiger partial charge in [-0.2, -0.15) is 0 Å². The van der Waals surface area contributed by atoms with Gasteiger partial charge >= 0.3 is 0 Å². The third kappa shape index (κ3) is 3.97. The molecule has 0 aromatic carbocycles. The van der Waals surface area contributed by atoms with Gasteiger partial charge in [0.2, 0.25) is 0 Å². The zero-order valence-corrected chi connectivity index (χ0v) is 14.1. The molecule has 0 spiro atoms. The summed E-state index contributed by atoms with van der Waals surface area (Å²) in [6.07, 6.45) is 6.33. The molecule has 1 aliphatic heterocycles. The molecule has 4 unspecified atom stereocenters. The summed E-state index contributed by atoms with van der Waals surface area (Å²) < 4.78 is 48.1. The first kappa shape index (κ1) is 17.2. The Morgan fingerprint density at radius 1 is 1.14 bits per heavy atom. The molecule has 8 heteroatoms. The second-order valence-corrected chi connectivity index (χ2v) is 11.1. The normalized spacial score (nSPS) is 35.2. The number of hydrogen-bond acceptors (Lipinski definition) is 6. The van der Waals surface area contributed by atoms with Crippen LogP contribution in [0.25, 0.3) is 0 Å². The second kappa shape index (κ2) is 6.52. The molecule has 1 aliphatic carbocycles. The van der Waals surface area contributed by atoms with E-state index in [0.717, 1.165) is 19.3 Å². The summed E-state index contributed by atoms with van der Waals surface area (Å²) in [5.74, 6) is 5.88. The molecule has 21 heavy (non-hydrogen) atoms. The van der Waals surface area contributed by atoms with Crippen LogP contribution in [0.4, 0.5) is 0 Å². The summed E-state index contributed by atoms with van der Waals surface area (Å²) in [5.41, 5.74) is 2.70. The largest absolute Gasteiger partial charge is 0.271 e. The average Bonchev–Trinajstić information content (AvgIpc) is 2.41. The van der Waals surface area contributed by atoms with Crippen LogP contribution in [0.2, 0.25) is 0 Å². The Labute approximate surface area is 127 Å². The minimum Gasteiger partial charge on any atom is -0.271 e. The van der Waals surface area contributed by atoms with E-state index in [9.17, 15) is 16.8 Å². The SMILES string of the molecule is CS(=O)(=O)C1CCCC(C(NN)C2CCCCS2(=O)=O)C1. The van der Waals surface area contributed by atoms with Crippen molar-refractivity contribution in [2.45, 2.75) is 61.5 Å². The van der Waals surface area contributed by atoms with Gasteiger partial charge in [0.1, 0.15) is 9.84 Å². The van der Waals surface area contributed by atoms with Crippen molar-refractivity contribution in [3.63, 3.8) is 0 Å². The molecule has 2 fully saturated rings. The molecular formula is C13H26N2O4S2. The van der Waals surface area contributed by atoms with Crippen LogP contribution >= 0.6 is 0 Å². The molecule has 0 aromatic rings. The van der Waals surface area contributed by atoms with Crippen LogP contribution in [0.1, 0.15) is 44.9 Å². The second-order valence-electron chi connectivity index (χ2n) is 6.47. The molecule has 0 aromatic heterocycles. The van der Waals surface area contributed by atoms with Crippen molar-refractivity contribution < 1.29 is 16.8 Å². The maximum Gasteiger partial charge on any atom is 0.154 e. The van der Waals surface area contributed by atoms with Gasteiger partial charge in [-0.25, -0.2) is 16.8 Å². The lowest BCUT2D eigenvalue weighted by molar-refractivity contribution is 0.255. The van der Waals surface area contributed by atoms with Gasteiger partial charge in [0, 0.05) is 12.3 Å². The lowest BCUT2D eigenvalue weighted by Gasteiger charge is -2.38. The van der Waals surface area contributed by atoms with Crippen molar-refractivity contribution >= 4 is 19.7 Å². The number of rotatable bonds is 4. The van der Waals surface area contributed by atoms with Crippen LogP contribution < -0.4 is 11.3 Å². The zero-order chi connectivity index (χ0) is 15.7. The molecular weight excluding hydrogens is 312 g/mol. The lowest BCUT2D eigenvalue weighted by Crippen LogP contribution is -2.54. The number of nitrogens with two attached hydrogens (primary N) is 1. The molecule has 1 saturated heterocycles. The molecule has 1 heterocycles. The van der Waals surface area contributed by atoms with Gasteiger partial charge in [0.15, 0.2) is 9.84 Å². The summed E-state index contributed by atoms with van der Waals surface area (Å²) >= 11 is 0. The monoisotopic (exact) mass is 338 g/mol. The molecule has 1 saturated carbocycles. The first-order valence-electron chi connectivity index (χ1n) is 7.62. The summed E-state index contributed by atoms with van der Waals surface area (Å²) in [6, 6.07) is -0.333. The number of sulfone groups is 2. The van der Waals surface area contributed by atoms with Gasteiger partial charge in [-0.3, -0.25) is 11.3 Å². The van der Waals surface area contributed by atoms with E-state index in [1.807, 2.05) is 0 Å². The highest BCUT2D eigenvalue weighted by molar-refractivity contribution is 7.92. The Morgan fingerprint density at radius 2 is 1.86 bits per heavy atom. The van der Waals surface area contributed by atoms with Crippen LogP contribution in [-0.2, 0) is 19.7 Å². The fourth-order valence-electron chi connectivity index (χ4n) is 3.83. The van der Waals surface area contributed by atoms with Crippen molar-refractivity contribution in [1.29, 1.82) is 0 Å². The van der Waals surface area contributed by atoms with Crippen molar-refractivity contribution in [2.75, 3.05) is 12.0 Å². The fourth-order valence-corrected chi connectivity index (χ4v) is 7.20. The van der Waals surface area contributed by atoms with Crippen molar-refractivity contribution in [3.05, 3.63) is 0 Å². The minimum absolute atomic E-state index is 0.0151. The number of hydrazine groups is 1. The zero-order valence-electron chi connectivity index (χ0n) is 12.5. The van der Waals surface area contributed by atoms with Crippen LogP contribution in [-0.4, -0.2) is 45.4 Å². The van der Waals surface area contributed by atoms with E-state index in [0.29, 0.717) is 25.7 Å². The molecule has 4 atom stereocenters. The molecule has 124 valence electrons. The first-order valence-corrected chi connectivity index (χ1v) is 11.3. The third-order valence-corrected chi connectivity index (χ3v) is 8.95. The predicted molar refractivity (Wildman–Crippen MR) is 83.1 cm³/mol. The Balaban J connectivity index is 2.17. The Kier molecular flexibility index (Phi) is 5.33. The van der Waals surface area contributed by atoms with Crippen molar-refractivity contribution in [1.82, 2.24) is 5.43 Å². The van der Waals surface area contributed by atoms with Gasteiger partial charge < -0.3 is 0 Å². The van der Waals surface area contributed by atoms with Gasteiger partial charge in [0.05, 0.1) is 16.3 Å². The van der Waals surface area contributed by atoms with E-state index in [-0.39, 0.29) is 23.0 Å². The molecule has 2 aliphatic rings. The standard InChI is InChI=1S/C13H26N2O4S2/c1-20(16,17)11-6-4-5-10(9-11)13(15-14)12-7-2-3-8-21(12,18)19/h10-13,15H,2-9,14H2,1H3.